The fourth-order valence-electron chi connectivity index (χ4n) is 4.22. The zero-order valence-corrected chi connectivity index (χ0v) is 20.8. The number of fused-ring (bicyclic) bond motifs is 1. The van der Waals surface area contributed by atoms with Crippen LogP contribution in [0, 0.1) is 23.0 Å². The molecule has 0 aliphatic rings. The summed E-state index contributed by atoms with van der Waals surface area (Å²) in [6, 6.07) is 7.09. The molecular weight excluding hydrogens is 547 g/mol. The van der Waals surface area contributed by atoms with Gasteiger partial charge in [0.05, 0.1) is 38.4 Å². The van der Waals surface area contributed by atoms with Crippen molar-refractivity contribution >= 4 is 40.0 Å². The van der Waals surface area contributed by atoms with Crippen molar-refractivity contribution in [2.24, 2.45) is 7.05 Å². The summed E-state index contributed by atoms with van der Waals surface area (Å²) >= 11 is 6.10. The van der Waals surface area contributed by atoms with Crippen molar-refractivity contribution in [1.82, 2.24) is 9.13 Å². The van der Waals surface area contributed by atoms with Gasteiger partial charge in [-0.1, -0.05) is 11.6 Å². The molecule has 3 aromatic carbocycles. The highest BCUT2D eigenvalue weighted by atomic mass is 35.5. The smallest absolute Gasteiger partial charge is 0.321 e. The van der Waals surface area contributed by atoms with Gasteiger partial charge in [0.2, 0.25) is 0 Å². The average Bonchev–Trinajstić information content (AvgIpc) is 3.11. The molecule has 39 heavy (non-hydrogen) atoms. The summed E-state index contributed by atoms with van der Waals surface area (Å²) in [5, 5.41) is 12.1. The van der Waals surface area contributed by atoms with Crippen LogP contribution in [0.3, 0.4) is 0 Å². The molecule has 13 heteroatoms. The Balaban J connectivity index is 2.01. The molecule has 0 unspecified atom stereocenters. The molecule has 1 heterocycles. The second-order valence-electron chi connectivity index (χ2n) is 8.37. The molecule has 0 atom stereocenters. The van der Waals surface area contributed by atoms with E-state index < -0.39 is 51.9 Å². The van der Waals surface area contributed by atoms with E-state index >= 15 is 0 Å². The van der Waals surface area contributed by atoms with Gasteiger partial charge in [0.1, 0.15) is 17.7 Å². The molecule has 1 aromatic heterocycles. The van der Waals surface area contributed by atoms with Crippen LogP contribution in [-0.4, -0.2) is 20.8 Å². The minimum Gasteiger partial charge on any atom is -0.321 e. The number of halogens is 6. The second-order valence-corrected chi connectivity index (χ2v) is 8.78. The Bertz CT molecular complexity index is 1780. The van der Waals surface area contributed by atoms with Gasteiger partial charge in [-0.3, -0.25) is 18.7 Å². The molecule has 0 spiro atoms. The first-order valence-corrected chi connectivity index (χ1v) is 11.5. The monoisotopic (exact) mass is 562 g/mol. The molecule has 4 aromatic rings. The van der Waals surface area contributed by atoms with Crippen molar-refractivity contribution in [2.75, 3.05) is 5.32 Å². The predicted molar refractivity (Wildman–Crippen MR) is 132 cm³/mol. The lowest BCUT2D eigenvalue weighted by Crippen LogP contribution is -2.21. The van der Waals surface area contributed by atoms with E-state index in [1.165, 1.54) is 17.7 Å². The van der Waals surface area contributed by atoms with E-state index in [1.54, 1.807) is 6.92 Å². The number of nitrogens with zero attached hydrogens (tertiary/aromatic N) is 3. The van der Waals surface area contributed by atoms with Crippen LogP contribution in [0.15, 0.2) is 47.3 Å². The fraction of sp³-hybridized carbons (Fsp3) is 0.154. The summed E-state index contributed by atoms with van der Waals surface area (Å²) in [4.78, 5) is 39.5. The van der Waals surface area contributed by atoms with E-state index in [1.807, 2.05) is 6.07 Å². The number of carbonyl (C=O) groups excluding carboxylic acids is 2. The van der Waals surface area contributed by atoms with Gasteiger partial charge in [0, 0.05) is 24.7 Å². The van der Waals surface area contributed by atoms with Crippen LogP contribution in [0.4, 0.5) is 27.6 Å². The molecule has 0 aliphatic heterocycles. The van der Waals surface area contributed by atoms with Crippen LogP contribution in [0.1, 0.15) is 44.3 Å². The number of nitriles is 1. The minimum absolute atomic E-state index is 0.0170. The lowest BCUT2D eigenvalue weighted by molar-refractivity contribution is -0.137. The Morgan fingerprint density at radius 3 is 2.38 bits per heavy atom. The minimum atomic E-state index is -4.96. The number of amides is 1. The van der Waals surface area contributed by atoms with Gasteiger partial charge >= 0.3 is 11.9 Å². The lowest BCUT2D eigenvalue weighted by Gasteiger charge is -2.16. The van der Waals surface area contributed by atoms with Crippen LogP contribution in [0.25, 0.3) is 11.0 Å². The number of rotatable bonds is 5. The van der Waals surface area contributed by atoms with Crippen molar-refractivity contribution in [3.05, 3.63) is 97.4 Å². The van der Waals surface area contributed by atoms with Crippen LogP contribution < -0.4 is 11.0 Å². The summed E-state index contributed by atoms with van der Waals surface area (Å²) in [7, 11) is 1.35. The van der Waals surface area contributed by atoms with E-state index in [9.17, 15) is 41.6 Å². The first kappa shape index (κ1) is 27.5. The number of anilines is 1. The van der Waals surface area contributed by atoms with Gasteiger partial charge in [0.15, 0.2) is 5.78 Å². The molecule has 0 saturated heterocycles. The van der Waals surface area contributed by atoms with E-state index in [-0.39, 0.29) is 45.5 Å². The van der Waals surface area contributed by atoms with Crippen LogP contribution in [0.5, 0.6) is 0 Å². The molecule has 1 amide bonds. The summed E-state index contributed by atoms with van der Waals surface area (Å²) in [5.41, 5.74) is -4.23. The van der Waals surface area contributed by atoms with E-state index in [4.69, 9.17) is 11.6 Å². The van der Waals surface area contributed by atoms with Crippen molar-refractivity contribution in [1.29, 1.82) is 5.26 Å². The molecule has 0 aliphatic carbocycles. The number of ketones is 1. The molecule has 0 saturated carbocycles. The van der Waals surface area contributed by atoms with E-state index in [2.05, 4.69) is 5.32 Å². The lowest BCUT2D eigenvalue weighted by atomic mass is 9.95. The number of nitrogens with one attached hydrogen (secondary N) is 1. The zero-order chi connectivity index (χ0) is 28.8. The molecule has 7 nitrogen and oxygen atoms in total. The van der Waals surface area contributed by atoms with Gasteiger partial charge < -0.3 is 5.32 Å². The maximum atomic E-state index is 14.0. The van der Waals surface area contributed by atoms with Crippen molar-refractivity contribution in [2.45, 2.75) is 19.6 Å². The van der Waals surface area contributed by atoms with Crippen molar-refractivity contribution in [3.8, 4) is 6.07 Å². The topological polar surface area (TPSA) is 96.9 Å². The quantitative estimate of drug-likeness (QED) is 0.250. The van der Waals surface area contributed by atoms with Crippen LogP contribution >= 0.6 is 11.6 Å². The third kappa shape index (κ3) is 4.88. The van der Waals surface area contributed by atoms with Crippen molar-refractivity contribution in [3.63, 3.8) is 0 Å². The molecule has 200 valence electrons. The van der Waals surface area contributed by atoms with E-state index in [0.29, 0.717) is 12.1 Å². The fourth-order valence-corrected chi connectivity index (χ4v) is 4.42. The number of aryl methyl sites for hydroxylation is 2. The molecular formula is C26H16ClF5N4O3. The SMILES string of the molecule is CCn1c(=O)n(C)c2c(C#N)c(C(=O)c3cc(F)ccc3Cl)c(NC(=O)c3cc(F)cc(C(F)(F)F)c3)cc21. The molecule has 4 rings (SSSR count). The number of imidazole rings is 1. The molecule has 0 fully saturated rings. The Hall–Kier alpha value is -4.50. The number of aromatic nitrogens is 2. The molecule has 1 N–H and O–H groups in total. The highest BCUT2D eigenvalue weighted by molar-refractivity contribution is 6.35. The average molecular weight is 563 g/mol. The third-order valence-electron chi connectivity index (χ3n) is 5.99. The number of hydrogen-bond acceptors (Lipinski definition) is 4. The second kappa shape index (κ2) is 9.99. The third-order valence-corrected chi connectivity index (χ3v) is 6.32. The van der Waals surface area contributed by atoms with Gasteiger partial charge in [-0.15, -0.1) is 0 Å². The Labute approximate surface area is 221 Å². The zero-order valence-electron chi connectivity index (χ0n) is 20.1. The van der Waals surface area contributed by atoms with Gasteiger partial charge in [-0.05, 0) is 49.4 Å². The Morgan fingerprint density at radius 1 is 1.08 bits per heavy atom. The summed E-state index contributed by atoms with van der Waals surface area (Å²) in [6.45, 7) is 1.75. The first-order chi connectivity index (χ1) is 18.3. The van der Waals surface area contributed by atoms with Gasteiger partial charge in [-0.2, -0.15) is 18.4 Å². The van der Waals surface area contributed by atoms with Gasteiger partial charge in [-0.25, -0.2) is 13.6 Å². The predicted octanol–water partition coefficient (Wildman–Crippen LogP) is 5.67. The Morgan fingerprint density at radius 2 is 1.77 bits per heavy atom. The first-order valence-electron chi connectivity index (χ1n) is 11.1. The van der Waals surface area contributed by atoms with Crippen LogP contribution in [-0.2, 0) is 19.8 Å². The number of alkyl halides is 3. The highest BCUT2D eigenvalue weighted by Crippen LogP contribution is 2.34. The maximum Gasteiger partial charge on any atom is 0.416 e. The standard InChI is InChI=1S/C26H16ClF5N4O3/c1-3-36-20-10-19(34-24(38)12-6-13(26(30,31)32)8-15(29)7-12)21(17(11-33)22(20)35(2)25(36)39)23(37)16-9-14(28)4-5-18(16)27/h4-10H,3H2,1-2H3,(H,34,38). The molecule has 0 radical (unpaired) electrons. The molecule has 0 bridgehead atoms. The largest absolute Gasteiger partial charge is 0.416 e. The number of hydrogen-bond donors (Lipinski definition) is 1. The normalized spacial score (nSPS) is 11.5. The van der Waals surface area contributed by atoms with Crippen LogP contribution in [0.2, 0.25) is 5.02 Å². The van der Waals surface area contributed by atoms with Gasteiger partial charge in [0.25, 0.3) is 5.91 Å². The summed E-state index contributed by atoms with van der Waals surface area (Å²) in [6.07, 6.45) is -4.96. The van der Waals surface area contributed by atoms with Crippen molar-refractivity contribution < 1.29 is 31.5 Å². The summed E-state index contributed by atoms with van der Waals surface area (Å²) in [5.74, 6) is -4.44. The summed E-state index contributed by atoms with van der Waals surface area (Å²) < 4.78 is 69.9. The number of benzene rings is 3. The maximum absolute atomic E-state index is 14.0. The number of carbonyl (C=O) groups is 2. The van der Waals surface area contributed by atoms with E-state index in [0.717, 1.165) is 22.8 Å². The highest BCUT2D eigenvalue weighted by Gasteiger charge is 2.33. The Kier molecular flexibility index (Phi) is 7.06.